The van der Waals surface area contributed by atoms with Gasteiger partial charge in [0, 0.05) is 21.4 Å². The maximum absolute atomic E-state index is 13.7. The zero-order valence-electron chi connectivity index (χ0n) is 12.2. The van der Waals surface area contributed by atoms with Crippen molar-refractivity contribution in [1.82, 2.24) is 10.2 Å². The number of halogens is 3. The van der Waals surface area contributed by atoms with E-state index in [9.17, 15) is 4.39 Å². The standard InChI is InChI=1S/C16H11Cl2FN2O2S/c17-10-4-6-11(7-5-10)22-8-15-20-21-16(23-15)24-9-12-13(18)2-1-3-14(12)19/h1-7H,8-9H2. The van der Waals surface area contributed by atoms with Gasteiger partial charge < -0.3 is 9.15 Å². The molecule has 0 aliphatic carbocycles. The topological polar surface area (TPSA) is 48.2 Å². The number of benzene rings is 2. The van der Waals surface area contributed by atoms with E-state index < -0.39 is 0 Å². The molecule has 0 spiro atoms. The van der Waals surface area contributed by atoms with E-state index in [0.717, 1.165) is 0 Å². The Labute approximate surface area is 151 Å². The van der Waals surface area contributed by atoms with Gasteiger partial charge in [-0.2, -0.15) is 0 Å². The Bertz CT molecular complexity index is 807. The molecule has 24 heavy (non-hydrogen) atoms. The summed E-state index contributed by atoms with van der Waals surface area (Å²) in [6.45, 7) is 0.135. The summed E-state index contributed by atoms with van der Waals surface area (Å²) in [5.41, 5.74) is 0.404. The lowest BCUT2D eigenvalue weighted by molar-refractivity contribution is 0.252. The van der Waals surface area contributed by atoms with Crippen molar-refractivity contribution < 1.29 is 13.5 Å². The molecule has 0 radical (unpaired) electrons. The minimum absolute atomic E-state index is 0.135. The largest absolute Gasteiger partial charge is 0.484 e. The Morgan fingerprint density at radius 2 is 1.88 bits per heavy atom. The average molecular weight is 385 g/mol. The molecular weight excluding hydrogens is 374 g/mol. The number of rotatable bonds is 6. The molecule has 4 nitrogen and oxygen atoms in total. The van der Waals surface area contributed by atoms with Crippen molar-refractivity contribution in [3.8, 4) is 5.75 Å². The molecule has 124 valence electrons. The van der Waals surface area contributed by atoms with Gasteiger partial charge >= 0.3 is 0 Å². The van der Waals surface area contributed by atoms with Crippen LogP contribution in [0.4, 0.5) is 4.39 Å². The summed E-state index contributed by atoms with van der Waals surface area (Å²) in [6.07, 6.45) is 0. The maximum Gasteiger partial charge on any atom is 0.277 e. The maximum atomic E-state index is 13.7. The van der Waals surface area contributed by atoms with Crippen LogP contribution in [0.3, 0.4) is 0 Å². The predicted molar refractivity (Wildman–Crippen MR) is 91.1 cm³/mol. The summed E-state index contributed by atoms with van der Waals surface area (Å²) < 4.78 is 24.7. The average Bonchev–Trinajstić information content (AvgIpc) is 3.02. The molecule has 0 unspecified atom stereocenters. The molecule has 3 aromatic rings. The highest BCUT2D eigenvalue weighted by molar-refractivity contribution is 7.98. The number of nitrogens with zero attached hydrogens (tertiary/aromatic N) is 2. The zero-order valence-corrected chi connectivity index (χ0v) is 14.5. The van der Waals surface area contributed by atoms with Gasteiger partial charge in [0.25, 0.3) is 11.1 Å². The van der Waals surface area contributed by atoms with Crippen LogP contribution in [0.25, 0.3) is 0 Å². The Kier molecular flexibility index (Phi) is 5.60. The number of ether oxygens (including phenoxy) is 1. The minimum Gasteiger partial charge on any atom is -0.484 e. The van der Waals surface area contributed by atoms with Gasteiger partial charge in [0.2, 0.25) is 0 Å². The van der Waals surface area contributed by atoms with Crippen LogP contribution in [-0.2, 0) is 12.4 Å². The molecule has 0 fully saturated rings. The predicted octanol–water partition coefficient (Wildman–Crippen LogP) is 5.39. The highest BCUT2D eigenvalue weighted by Gasteiger charge is 2.12. The third-order valence-electron chi connectivity index (χ3n) is 3.03. The van der Waals surface area contributed by atoms with Crippen LogP contribution in [0.5, 0.6) is 5.75 Å². The number of hydrogen-bond donors (Lipinski definition) is 0. The molecular formula is C16H11Cl2FN2O2S. The van der Waals surface area contributed by atoms with Crippen LogP contribution in [0.15, 0.2) is 52.1 Å². The number of thioether (sulfide) groups is 1. The smallest absolute Gasteiger partial charge is 0.277 e. The molecule has 0 N–H and O–H groups in total. The molecule has 0 aliphatic heterocycles. The third-order valence-corrected chi connectivity index (χ3v) is 4.48. The molecule has 0 saturated carbocycles. The summed E-state index contributed by atoms with van der Waals surface area (Å²) in [5.74, 6) is 0.906. The van der Waals surface area contributed by atoms with Gasteiger partial charge in [-0.25, -0.2) is 4.39 Å². The lowest BCUT2D eigenvalue weighted by Crippen LogP contribution is -1.95. The molecule has 0 amide bonds. The van der Waals surface area contributed by atoms with E-state index in [2.05, 4.69) is 10.2 Å². The second kappa shape index (κ2) is 7.88. The van der Waals surface area contributed by atoms with Crippen molar-refractivity contribution in [3.63, 3.8) is 0 Å². The van der Waals surface area contributed by atoms with Crippen LogP contribution in [0.1, 0.15) is 11.5 Å². The van der Waals surface area contributed by atoms with Crippen molar-refractivity contribution in [2.45, 2.75) is 17.6 Å². The van der Waals surface area contributed by atoms with Gasteiger partial charge in [-0.3, -0.25) is 0 Å². The van der Waals surface area contributed by atoms with Crippen molar-refractivity contribution in [1.29, 1.82) is 0 Å². The summed E-state index contributed by atoms with van der Waals surface area (Å²) in [5, 5.41) is 9.11. The first kappa shape index (κ1) is 17.1. The molecule has 0 atom stereocenters. The van der Waals surface area contributed by atoms with E-state index in [1.807, 2.05) is 0 Å². The fraction of sp³-hybridized carbons (Fsp3) is 0.125. The van der Waals surface area contributed by atoms with Gasteiger partial charge in [0.15, 0.2) is 6.61 Å². The lowest BCUT2D eigenvalue weighted by atomic mass is 10.2. The molecule has 0 saturated heterocycles. The highest BCUT2D eigenvalue weighted by Crippen LogP contribution is 2.28. The van der Waals surface area contributed by atoms with Crippen LogP contribution in [0, 0.1) is 5.82 Å². The second-order valence-electron chi connectivity index (χ2n) is 4.69. The van der Waals surface area contributed by atoms with E-state index in [1.54, 1.807) is 36.4 Å². The first-order chi connectivity index (χ1) is 11.6. The fourth-order valence-electron chi connectivity index (χ4n) is 1.83. The lowest BCUT2D eigenvalue weighted by Gasteiger charge is -2.03. The van der Waals surface area contributed by atoms with E-state index >= 15 is 0 Å². The highest BCUT2D eigenvalue weighted by atomic mass is 35.5. The number of hydrogen-bond acceptors (Lipinski definition) is 5. The summed E-state index contributed by atoms with van der Waals surface area (Å²) in [4.78, 5) is 0. The normalized spacial score (nSPS) is 10.8. The fourth-order valence-corrected chi connectivity index (χ4v) is 3.08. The van der Waals surface area contributed by atoms with Crippen molar-refractivity contribution in [2.75, 3.05) is 0 Å². The minimum atomic E-state index is -0.360. The first-order valence-electron chi connectivity index (χ1n) is 6.88. The Hall–Kier alpha value is -1.76. The molecule has 0 bridgehead atoms. The Morgan fingerprint density at radius 3 is 2.62 bits per heavy atom. The Balaban J connectivity index is 1.56. The van der Waals surface area contributed by atoms with Crippen molar-refractivity contribution >= 4 is 35.0 Å². The zero-order chi connectivity index (χ0) is 16.9. The molecule has 2 aromatic carbocycles. The van der Waals surface area contributed by atoms with Gasteiger partial charge in [-0.1, -0.05) is 41.0 Å². The van der Waals surface area contributed by atoms with Crippen molar-refractivity contribution in [2.24, 2.45) is 0 Å². The summed E-state index contributed by atoms with van der Waals surface area (Å²) >= 11 is 13.0. The van der Waals surface area contributed by atoms with Crippen LogP contribution in [0.2, 0.25) is 10.0 Å². The molecule has 3 rings (SSSR count). The SMILES string of the molecule is Fc1cccc(Cl)c1CSc1nnc(COc2ccc(Cl)cc2)o1. The van der Waals surface area contributed by atoms with Crippen LogP contribution >= 0.6 is 35.0 Å². The summed E-state index contributed by atoms with van der Waals surface area (Å²) in [6, 6.07) is 11.5. The second-order valence-corrected chi connectivity index (χ2v) is 6.46. The van der Waals surface area contributed by atoms with E-state index in [4.69, 9.17) is 32.4 Å². The Morgan fingerprint density at radius 1 is 1.08 bits per heavy atom. The van der Waals surface area contributed by atoms with Gasteiger partial charge in [-0.15, -0.1) is 10.2 Å². The summed E-state index contributed by atoms with van der Waals surface area (Å²) in [7, 11) is 0. The van der Waals surface area contributed by atoms with Gasteiger partial charge in [0.1, 0.15) is 11.6 Å². The molecule has 8 heteroatoms. The molecule has 0 aliphatic rings. The van der Waals surface area contributed by atoms with E-state index in [1.165, 1.54) is 17.8 Å². The molecule has 1 aromatic heterocycles. The monoisotopic (exact) mass is 384 g/mol. The van der Waals surface area contributed by atoms with E-state index in [-0.39, 0.29) is 12.4 Å². The van der Waals surface area contributed by atoms with Gasteiger partial charge in [-0.05, 0) is 36.4 Å². The van der Waals surface area contributed by atoms with Gasteiger partial charge in [0.05, 0.1) is 0 Å². The first-order valence-corrected chi connectivity index (χ1v) is 8.62. The van der Waals surface area contributed by atoms with Crippen LogP contribution < -0.4 is 4.74 Å². The number of aromatic nitrogens is 2. The quantitative estimate of drug-likeness (QED) is 0.533. The van der Waals surface area contributed by atoms with E-state index in [0.29, 0.717) is 38.2 Å². The van der Waals surface area contributed by atoms with Crippen molar-refractivity contribution in [3.05, 3.63) is 69.8 Å². The van der Waals surface area contributed by atoms with Crippen LogP contribution in [-0.4, -0.2) is 10.2 Å². The third kappa shape index (κ3) is 4.41. The molecule has 1 heterocycles.